The molecule has 1 heterocycles. The van der Waals surface area contributed by atoms with Gasteiger partial charge in [-0.3, -0.25) is 4.79 Å². The zero-order valence-corrected chi connectivity index (χ0v) is 13.9. The monoisotopic (exact) mass is 341 g/mol. The van der Waals surface area contributed by atoms with E-state index < -0.39 is 12.6 Å². The second-order valence-corrected chi connectivity index (χ2v) is 5.92. The average Bonchev–Trinajstić information content (AvgIpc) is 3.03. The molecule has 0 saturated heterocycles. The second-order valence-electron chi connectivity index (χ2n) is 5.92. The molecular weight excluding hydrogens is 322 g/mol. The zero-order chi connectivity index (χ0) is 17.8. The first-order chi connectivity index (χ1) is 12.0. The number of ether oxygens (including phenoxy) is 2. The van der Waals surface area contributed by atoms with Crippen molar-refractivity contribution in [2.75, 3.05) is 18.5 Å². The topological polar surface area (TPSA) is 84.9 Å². The molecule has 1 amide bonds. The van der Waals surface area contributed by atoms with Crippen LogP contribution in [0, 0.1) is 6.92 Å². The van der Waals surface area contributed by atoms with Gasteiger partial charge in [0.25, 0.3) is 0 Å². The van der Waals surface area contributed by atoms with Gasteiger partial charge in [-0.2, -0.15) is 0 Å². The summed E-state index contributed by atoms with van der Waals surface area (Å²) in [5.41, 5.74) is 3.57. The number of amides is 1. The molecule has 0 radical (unpaired) electrons. The lowest BCUT2D eigenvalue weighted by Crippen LogP contribution is -2.15. The highest BCUT2D eigenvalue weighted by molar-refractivity contribution is 5.93. The van der Waals surface area contributed by atoms with Gasteiger partial charge in [0.15, 0.2) is 6.61 Å². The van der Waals surface area contributed by atoms with Gasteiger partial charge < -0.3 is 19.9 Å². The number of aryl methyl sites for hydroxylation is 1. The molecule has 1 aliphatic heterocycles. The first kappa shape index (κ1) is 16.8. The summed E-state index contributed by atoms with van der Waals surface area (Å²) in [6, 6.07) is 10.9. The van der Waals surface area contributed by atoms with Crippen LogP contribution in [0.1, 0.15) is 16.7 Å². The highest BCUT2D eigenvalue weighted by Gasteiger charge is 2.14. The minimum absolute atomic E-state index is 0.110. The predicted molar refractivity (Wildman–Crippen MR) is 92.3 cm³/mol. The van der Waals surface area contributed by atoms with E-state index in [-0.39, 0.29) is 12.3 Å². The summed E-state index contributed by atoms with van der Waals surface area (Å²) in [7, 11) is 0. The Morgan fingerprint density at radius 1 is 1.24 bits per heavy atom. The van der Waals surface area contributed by atoms with E-state index in [0.29, 0.717) is 18.0 Å². The standard InChI is InChI=1S/C19H19NO5/c1-12-8-15(25-11-19(22)23)3-4-16(12)20-18(21)10-13-2-5-17-14(9-13)6-7-24-17/h2-5,8-9H,6-7,10-11H2,1H3,(H,20,21)(H,22,23). The highest BCUT2D eigenvalue weighted by Crippen LogP contribution is 2.26. The van der Waals surface area contributed by atoms with Gasteiger partial charge >= 0.3 is 5.97 Å². The molecule has 0 bridgehead atoms. The van der Waals surface area contributed by atoms with Crippen LogP contribution < -0.4 is 14.8 Å². The van der Waals surface area contributed by atoms with Crippen molar-refractivity contribution in [2.45, 2.75) is 19.8 Å². The maximum atomic E-state index is 12.3. The van der Waals surface area contributed by atoms with Gasteiger partial charge in [0.05, 0.1) is 13.0 Å². The van der Waals surface area contributed by atoms with E-state index in [1.54, 1.807) is 18.2 Å². The third-order valence-corrected chi connectivity index (χ3v) is 3.95. The summed E-state index contributed by atoms with van der Waals surface area (Å²) >= 11 is 0. The van der Waals surface area contributed by atoms with E-state index in [1.165, 1.54) is 0 Å². The number of hydrogen-bond acceptors (Lipinski definition) is 4. The maximum absolute atomic E-state index is 12.3. The summed E-state index contributed by atoms with van der Waals surface area (Å²) in [5, 5.41) is 11.5. The highest BCUT2D eigenvalue weighted by atomic mass is 16.5. The molecule has 0 aromatic heterocycles. The molecule has 0 atom stereocenters. The van der Waals surface area contributed by atoms with E-state index in [9.17, 15) is 9.59 Å². The molecule has 2 N–H and O–H groups in total. The average molecular weight is 341 g/mol. The van der Waals surface area contributed by atoms with E-state index in [0.717, 1.165) is 28.9 Å². The third kappa shape index (κ3) is 4.29. The van der Waals surface area contributed by atoms with Gasteiger partial charge in [0.1, 0.15) is 11.5 Å². The first-order valence-corrected chi connectivity index (χ1v) is 8.01. The van der Waals surface area contributed by atoms with Crippen LogP contribution in [0.2, 0.25) is 0 Å². The summed E-state index contributed by atoms with van der Waals surface area (Å²) in [6.45, 7) is 2.13. The van der Waals surface area contributed by atoms with Gasteiger partial charge in [-0.25, -0.2) is 4.79 Å². The molecule has 2 aromatic rings. The zero-order valence-electron chi connectivity index (χ0n) is 13.9. The van der Waals surface area contributed by atoms with Crippen molar-refractivity contribution in [1.82, 2.24) is 0 Å². The summed E-state index contributed by atoms with van der Waals surface area (Å²) in [6.07, 6.45) is 1.16. The fraction of sp³-hybridized carbons (Fsp3) is 0.263. The molecule has 6 nitrogen and oxygen atoms in total. The van der Waals surface area contributed by atoms with E-state index in [4.69, 9.17) is 14.6 Å². The quantitative estimate of drug-likeness (QED) is 0.843. The molecule has 0 spiro atoms. The minimum atomic E-state index is -1.03. The Bertz CT molecular complexity index is 815. The van der Waals surface area contributed by atoms with Crippen LogP contribution in [0.3, 0.4) is 0 Å². The number of carboxylic acids is 1. The number of aliphatic carboxylic acids is 1. The molecule has 130 valence electrons. The molecule has 0 fully saturated rings. The Labute approximate surface area is 145 Å². The van der Waals surface area contributed by atoms with E-state index in [2.05, 4.69) is 5.32 Å². The summed E-state index contributed by atoms with van der Waals surface area (Å²) in [5.74, 6) is 0.212. The van der Waals surface area contributed by atoms with Crippen LogP contribution in [-0.2, 0) is 22.4 Å². The maximum Gasteiger partial charge on any atom is 0.341 e. The van der Waals surface area contributed by atoms with E-state index in [1.807, 2.05) is 25.1 Å². The molecule has 0 aliphatic carbocycles. The van der Waals surface area contributed by atoms with Crippen LogP contribution >= 0.6 is 0 Å². The number of rotatable bonds is 6. The Balaban J connectivity index is 1.61. The first-order valence-electron chi connectivity index (χ1n) is 8.01. The van der Waals surface area contributed by atoms with Crippen LogP contribution in [-0.4, -0.2) is 30.2 Å². The van der Waals surface area contributed by atoms with Crippen molar-refractivity contribution < 1.29 is 24.2 Å². The van der Waals surface area contributed by atoms with Gasteiger partial charge in [-0.15, -0.1) is 0 Å². The van der Waals surface area contributed by atoms with Crippen molar-refractivity contribution in [2.24, 2.45) is 0 Å². The van der Waals surface area contributed by atoms with Crippen LogP contribution in [0.5, 0.6) is 11.5 Å². The SMILES string of the molecule is Cc1cc(OCC(=O)O)ccc1NC(=O)Cc1ccc2c(c1)CCO2. The number of fused-ring (bicyclic) bond motifs is 1. The number of benzene rings is 2. The van der Waals surface area contributed by atoms with Gasteiger partial charge in [-0.1, -0.05) is 12.1 Å². The van der Waals surface area contributed by atoms with Crippen molar-refractivity contribution in [3.8, 4) is 11.5 Å². The van der Waals surface area contributed by atoms with Gasteiger partial charge in [0.2, 0.25) is 5.91 Å². The number of nitrogens with one attached hydrogen (secondary N) is 1. The molecule has 2 aromatic carbocycles. The van der Waals surface area contributed by atoms with Crippen molar-refractivity contribution >= 4 is 17.6 Å². The molecule has 1 aliphatic rings. The molecular formula is C19H19NO5. The van der Waals surface area contributed by atoms with Crippen molar-refractivity contribution in [3.63, 3.8) is 0 Å². The number of carbonyl (C=O) groups is 2. The van der Waals surface area contributed by atoms with E-state index >= 15 is 0 Å². The molecule has 6 heteroatoms. The van der Waals surface area contributed by atoms with Gasteiger partial charge in [0, 0.05) is 12.1 Å². The number of carbonyl (C=O) groups excluding carboxylic acids is 1. The Morgan fingerprint density at radius 3 is 2.84 bits per heavy atom. The summed E-state index contributed by atoms with van der Waals surface area (Å²) in [4.78, 5) is 22.8. The smallest absolute Gasteiger partial charge is 0.341 e. The molecule has 25 heavy (non-hydrogen) atoms. The largest absolute Gasteiger partial charge is 0.493 e. The lowest BCUT2D eigenvalue weighted by molar-refractivity contribution is -0.139. The molecule has 0 unspecified atom stereocenters. The van der Waals surface area contributed by atoms with Crippen LogP contribution in [0.15, 0.2) is 36.4 Å². The van der Waals surface area contributed by atoms with Crippen LogP contribution in [0.4, 0.5) is 5.69 Å². The fourth-order valence-electron chi connectivity index (χ4n) is 2.74. The third-order valence-electron chi connectivity index (χ3n) is 3.95. The Hall–Kier alpha value is -3.02. The number of carboxylic acid groups (broad SMARTS) is 1. The van der Waals surface area contributed by atoms with Crippen LogP contribution in [0.25, 0.3) is 0 Å². The normalized spacial score (nSPS) is 12.2. The van der Waals surface area contributed by atoms with Crippen molar-refractivity contribution in [1.29, 1.82) is 0 Å². The number of hydrogen-bond donors (Lipinski definition) is 2. The molecule has 0 saturated carbocycles. The Morgan fingerprint density at radius 2 is 2.08 bits per heavy atom. The summed E-state index contributed by atoms with van der Waals surface area (Å²) < 4.78 is 10.6. The lowest BCUT2D eigenvalue weighted by Gasteiger charge is -2.11. The van der Waals surface area contributed by atoms with Gasteiger partial charge in [-0.05, 0) is 47.9 Å². The Kier molecular flexibility index (Phi) is 4.88. The molecule has 3 rings (SSSR count). The second kappa shape index (κ2) is 7.25. The fourth-order valence-corrected chi connectivity index (χ4v) is 2.74. The predicted octanol–water partition coefficient (Wildman–Crippen LogP) is 2.57. The lowest BCUT2D eigenvalue weighted by atomic mass is 10.1. The number of anilines is 1. The van der Waals surface area contributed by atoms with Crippen molar-refractivity contribution in [3.05, 3.63) is 53.1 Å². The minimum Gasteiger partial charge on any atom is -0.493 e.